The molecule has 1 aliphatic rings. The average Bonchev–Trinajstić information content (AvgIpc) is 3.08. The zero-order chi connectivity index (χ0) is 16.1. The molecule has 1 saturated heterocycles. The summed E-state index contributed by atoms with van der Waals surface area (Å²) < 4.78 is 9.96. The highest BCUT2D eigenvalue weighted by molar-refractivity contribution is 8.18. The van der Waals surface area contributed by atoms with E-state index < -0.39 is 23.2 Å². The number of imide groups is 1. The first-order chi connectivity index (χ1) is 10.5. The maximum atomic E-state index is 12.2. The normalized spacial score (nSPS) is 18.5. The van der Waals surface area contributed by atoms with Crippen molar-refractivity contribution in [3.05, 3.63) is 41.2 Å². The summed E-state index contributed by atoms with van der Waals surface area (Å²) in [6, 6.07) is 2.57. The van der Waals surface area contributed by atoms with Gasteiger partial charge in [0.25, 0.3) is 11.1 Å². The number of allylic oxidation sites excluding steroid dienone is 2. The lowest BCUT2D eigenvalue weighted by Crippen LogP contribution is -2.42. The van der Waals surface area contributed by atoms with Crippen LogP contribution < -0.4 is 0 Å². The van der Waals surface area contributed by atoms with Crippen molar-refractivity contribution in [2.24, 2.45) is 0 Å². The number of furan rings is 1. The summed E-state index contributed by atoms with van der Waals surface area (Å²) in [6.07, 6.45) is 6.34. The van der Waals surface area contributed by atoms with E-state index in [4.69, 9.17) is 9.15 Å². The van der Waals surface area contributed by atoms with Gasteiger partial charge in [0.05, 0.1) is 17.8 Å². The van der Waals surface area contributed by atoms with E-state index in [1.54, 1.807) is 31.2 Å². The number of ether oxygens (including phenoxy) is 1. The zero-order valence-electron chi connectivity index (χ0n) is 12.1. The van der Waals surface area contributed by atoms with Crippen LogP contribution in [0.4, 0.5) is 4.79 Å². The van der Waals surface area contributed by atoms with Crippen LogP contribution in [-0.2, 0) is 14.3 Å². The molecule has 0 N–H and O–H groups in total. The molecule has 0 aliphatic carbocycles. The first kappa shape index (κ1) is 16.1. The summed E-state index contributed by atoms with van der Waals surface area (Å²) >= 11 is 0.792. The molecule has 0 spiro atoms. The van der Waals surface area contributed by atoms with E-state index in [-0.39, 0.29) is 11.5 Å². The van der Waals surface area contributed by atoms with Crippen LogP contribution in [0.15, 0.2) is 39.9 Å². The van der Waals surface area contributed by atoms with Crippen LogP contribution in [0.25, 0.3) is 6.08 Å². The van der Waals surface area contributed by atoms with Crippen molar-refractivity contribution in [3.8, 4) is 0 Å². The summed E-state index contributed by atoms with van der Waals surface area (Å²) in [5.41, 5.74) is 0. The van der Waals surface area contributed by atoms with Gasteiger partial charge in [-0.3, -0.25) is 14.5 Å². The topological polar surface area (TPSA) is 76.8 Å². The molecule has 1 fully saturated rings. The van der Waals surface area contributed by atoms with Crippen molar-refractivity contribution in [2.45, 2.75) is 19.9 Å². The summed E-state index contributed by atoms with van der Waals surface area (Å²) in [5, 5.41) is -0.483. The molecule has 0 saturated carbocycles. The molecule has 1 aliphatic heterocycles. The number of nitrogens with zero attached hydrogens (tertiary/aromatic N) is 1. The number of thioether (sulfide) groups is 1. The van der Waals surface area contributed by atoms with Crippen molar-refractivity contribution >= 4 is 35.0 Å². The van der Waals surface area contributed by atoms with E-state index in [1.807, 2.05) is 0 Å². The SMILES string of the molecule is CCOC(=O)[C@H](C)N1C(=O)S/C(=C/C=C/c2ccco2)C1=O. The Morgan fingerprint density at radius 2 is 2.27 bits per heavy atom. The molecule has 1 aromatic heterocycles. The third kappa shape index (κ3) is 3.48. The molecule has 2 amide bonds. The lowest BCUT2D eigenvalue weighted by Gasteiger charge is -2.19. The molecule has 2 rings (SSSR count). The lowest BCUT2D eigenvalue weighted by atomic mass is 10.3. The van der Waals surface area contributed by atoms with Gasteiger partial charge in [-0.05, 0) is 49.9 Å². The van der Waals surface area contributed by atoms with Gasteiger partial charge in [0.15, 0.2) is 0 Å². The second-order valence-electron chi connectivity index (χ2n) is 4.38. The van der Waals surface area contributed by atoms with Gasteiger partial charge in [0.2, 0.25) is 0 Å². The highest BCUT2D eigenvalue weighted by Crippen LogP contribution is 2.32. The van der Waals surface area contributed by atoms with Crippen LogP contribution in [0.1, 0.15) is 19.6 Å². The van der Waals surface area contributed by atoms with Gasteiger partial charge in [-0.25, -0.2) is 4.79 Å². The summed E-state index contributed by atoms with van der Waals surface area (Å²) in [6.45, 7) is 3.33. The minimum Gasteiger partial charge on any atom is -0.465 e. The predicted octanol–water partition coefficient (Wildman–Crippen LogP) is 2.82. The Morgan fingerprint density at radius 1 is 1.50 bits per heavy atom. The number of rotatable bonds is 5. The van der Waals surface area contributed by atoms with Gasteiger partial charge in [0.1, 0.15) is 11.8 Å². The second-order valence-corrected chi connectivity index (χ2v) is 5.37. The van der Waals surface area contributed by atoms with Gasteiger partial charge >= 0.3 is 5.97 Å². The van der Waals surface area contributed by atoms with Crippen molar-refractivity contribution < 1.29 is 23.5 Å². The van der Waals surface area contributed by atoms with E-state index in [0.717, 1.165) is 16.7 Å². The molecule has 2 heterocycles. The van der Waals surface area contributed by atoms with Gasteiger partial charge < -0.3 is 9.15 Å². The molecular weight excluding hydrogens is 306 g/mol. The average molecular weight is 321 g/mol. The summed E-state index contributed by atoms with van der Waals surface area (Å²) in [4.78, 5) is 37.0. The number of esters is 1. The molecule has 116 valence electrons. The smallest absolute Gasteiger partial charge is 0.329 e. The molecule has 0 aromatic carbocycles. The Morgan fingerprint density at radius 3 is 2.91 bits per heavy atom. The molecule has 6 nitrogen and oxygen atoms in total. The molecule has 1 aromatic rings. The highest BCUT2D eigenvalue weighted by atomic mass is 32.2. The molecular formula is C15H15NO5S. The Hall–Kier alpha value is -2.28. The highest BCUT2D eigenvalue weighted by Gasteiger charge is 2.41. The largest absolute Gasteiger partial charge is 0.465 e. The third-order valence-corrected chi connectivity index (χ3v) is 3.79. The number of amides is 2. The van der Waals surface area contributed by atoms with Gasteiger partial charge in [0, 0.05) is 0 Å². The predicted molar refractivity (Wildman–Crippen MR) is 81.8 cm³/mol. The Balaban J connectivity index is 2.09. The lowest BCUT2D eigenvalue weighted by molar-refractivity contribution is -0.150. The number of carbonyl (C=O) groups is 3. The summed E-state index contributed by atoms with van der Waals surface area (Å²) in [5.74, 6) is -0.466. The number of hydrogen-bond acceptors (Lipinski definition) is 6. The molecule has 1 atom stereocenters. The van der Waals surface area contributed by atoms with Crippen LogP contribution in [0.5, 0.6) is 0 Å². The quantitative estimate of drug-likeness (QED) is 0.613. The Labute approximate surface area is 131 Å². The second kappa shape index (κ2) is 7.13. The molecule has 0 bridgehead atoms. The fourth-order valence-electron chi connectivity index (χ4n) is 1.81. The van der Waals surface area contributed by atoms with Crippen molar-refractivity contribution in [1.29, 1.82) is 0 Å². The van der Waals surface area contributed by atoms with E-state index in [2.05, 4.69) is 0 Å². The van der Waals surface area contributed by atoms with Crippen LogP contribution in [0, 0.1) is 0 Å². The van der Waals surface area contributed by atoms with Crippen LogP contribution in [0.2, 0.25) is 0 Å². The van der Waals surface area contributed by atoms with Crippen LogP contribution >= 0.6 is 11.8 Å². The number of hydrogen-bond donors (Lipinski definition) is 0. The van der Waals surface area contributed by atoms with E-state index in [0.29, 0.717) is 5.76 Å². The summed E-state index contributed by atoms with van der Waals surface area (Å²) in [7, 11) is 0. The number of carbonyl (C=O) groups excluding carboxylic acids is 3. The minimum absolute atomic E-state index is 0.196. The van der Waals surface area contributed by atoms with Gasteiger partial charge in [-0.15, -0.1) is 0 Å². The maximum absolute atomic E-state index is 12.2. The van der Waals surface area contributed by atoms with Crippen LogP contribution in [-0.4, -0.2) is 34.7 Å². The molecule has 0 unspecified atom stereocenters. The fourth-order valence-corrected chi connectivity index (χ4v) is 2.67. The van der Waals surface area contributed by atoms with Gasteiger partial charge in [-0.2, -0.15) is 0 Å². The minimum atomic E-state index is -0.938. The first-order valence-electron chi connectivity index (χ1n) is 6.68. The van der Waals surface area contributed by atoms with Crippen molar-refractivity contribution in [1.82, 2.24) is 4.90 Å². The standard InChI is InChI=1S/C15H15NO5S/c1-3-20-14(18)10(2)16-13(17)12(22-15(16)19)8-4-6-11-7-5-9-21-11/h4-10H,3H2,1-2H3/b6-4+,12-8+/t10-/m0/s1. The maximum Gasteiger partial charge on any atom is 0.329 e. The first-order valence-corrected chi connectivity index (χ1v) is 7.50. The zero-order valence-corrected chi connectivity index (χ0v) is 13.0. The van der Waals surface area contributed by atoms with E-state index >= 15 is 0 Å². The molecule has 7 heteroatoms. The van der Waals surface area contributed by atoms with E-state index in [1.165, 1.54) is 19.3 Å². The molecule has 0 radical (unpaired) electrons. The Kier molecular flexibility index (Phi) is 5.21. The molecule has 22 heavy (non-hydrogen) atoms. The monoisotopic (exact) mass is 321 g/mol. The fraction of sp³-hybridized carbons (Fsp3) is 0.267. The van der Waals surface area contributed by atoms with Crippen molar-refractivity contribution in [3.63, 3.8) is 0 Å². The van der Waals surface area contributed by atoms with Gasteiger partial charge in [-0.1, -0.05) is 6.08 Å². The Bertz CT molecular complexity index is 632. The van der Waals surface area contributed by atoms with Crippen LogP contribution in [0.3, 0.4) is 0 Å². The van der Waals surface area contributed by atoms with E-state index in [9.17, 15) is 14.4 Å². The third-order valence-electron chi connectivity index (χ3n) is 2.89. The van der Waals surface area contributed by atoms with Crippen molar-refractivity contribution in [2.75, 3.05) is 6.61 Å².